The van der Waals surface area contributed by atoms with Crippen molar-refractivity contribution in [1.29, 1.82) is 0 Å². The summed E-state index contributed by atoms with van der Waals surface area (Å²) in [6.07, 6.45) is 2.25. The standard InChI is InChI=1S/C17H21NO4/c1-22-13-8-12(9-16(19)20)18(10-13)17(21)15-7-6-11-4-2-3-5-14(11)15/h2-5,12-13,15H,6-10H2,1H3,(H,19,20). The van der Waals surface area contributed by atoms with Gasteiger partial charge in [0.2, 0.25) is 5.91 Å². The number of likely N-dealkylation sites (tertiary alicyclic amines) is 1. The van der Waals surface area contributed by atoms with Crippen LogP contribution in [0.15, 0.2) is 24.3 Å². The van der Waals surface area contributed by atoms with E-state index in [0.717, 1.165) is 18.4 Å². The van der Waals surface area contributed by atoms with Crippen LogP contribution in [0, 0.1) is 0 Å². The van der Waals surface area contributed by atoms with Gasteiger partial charge in [-0.05, 0) is 30.4 Å². The number of carboxylic acid groups (broad SMARTS) is 1. The van der Waals surface area contributed by atoms with E-state index in [9.17, 15) is 9.59 Å². The Balaban J connectivity index is 1.80. The monoisotopic (exact) mass is 303 g/mol. The number of benzene rings is 1. The predicted molar refractivity (Wildman–Crippen MR) is 80.7 cm³/mol. The van der Waals surface area contributed by atoms with Gasteiger partial charge in [0, 0.05) is 19.7 Å². The molecule has 1 saturated heterocycles. The Kier molecular flexibility index (Phi) is 4.16. The molecule has 22 heavy (non-hydrogen) atoms. The number of nitrogens with zero attached hydrogens (tertiary/aromatic N) is 1. The number of ether oxygens (including phenoxy) is 1. The lowest BCUT2D eigenvalue weighted by atomic mass is 9.99. The third kappa shape index (κ3) is 2.73. The maximum Gasteiger partial charge on any atom is 0.305 e. The van der Waals surface area contributed by atoms with Crippen LogP contribution in [0.2, 0.25) is 0 Å². The second kappa shape index (κ2) is 6.08. The molecule has 0 spiro atoms. The summed E-state index contributed by atoms with van der Waals surface area (Å²) in [6, 6.07) is 7.78. The van der Waals surface area contributed by atoms with E-state index in [1.807, 2.05) is 18.2 Å². The average molecular weight is 303 g/mol. The summed E-state index contributed by atoms with van der Waals surface area (Å²) in [5, 5.41) is 9.08. The fourth-order valence-electron chi connectivity index (χ4n) is 3.72. The van der Waals surface area contributed by atoms with E-state index in [-0.39, 0.29) is 30.4 Å². The highest BCUT2D eigenvalue weighted by molar-refractivity contribution is 5.86. The number of amides is 1. The molecule has 3 rings (SSSR count). The number of carboxylic acids is 1. The van der Waals surface area contributed by atoms with Crippen molar-refractivity contribution in [3.8, 4) is 0 Å². The number of aryl methyl sites for hydroxylation is 1. The first kappa shape index (κ1) is 15.0. The molecule has 1 aromatic carbocycles. The quantitative estimate of drug-likeness (QED) is 0.921. The molecule has 1 fully saturated rings. The van der Waals surface area contributed by atoms with Gasteiger partial charge in [-0.15, -0.1) is 0 Å². The second-order valence-electron chi connectivity index (χ2n) is 6.13. The van der Waals surface area contributed by atoms with Crippen molar-refractivity contribution in [3.05, 3.63) is 35.4 Å². The molecule has 0 saturated carbocycles. The smallest absolute Gasteiger partial charge is 0.305 e. The Morgan fingerprint density at radius 1 is 1.36 bits per heavy atom. The Morgan fingerprint density at radius 3 is 2.86 bits per heavy atom. The topological polar surface area (TPSA) is 66.8 Å². The molecule has 3 unspecified atom stereocenters. The van der Waals surface area contributed by atoms with Crippen LogP contribution in [0.1, 0.15) is 36.3 Å². The van der Waals surface area contributed by atoms with Crippen molar-refractivity contribution in [3.63, 3.8) is 0 Å². The molecular formula is C17H21NO4. The molecule has 3 atom stereocenters. The lowest BCUT2D eigenvalue weighted by Crippen LogP contribution is -2.39. The highest BCUT2D eigenvalue weighted by Crippen LogP contribution is 2.36. The van der Waals surface area contributed by atoms with E-state index >= 15 is 0 Å². The van der Waals surface area contributed by atoms with Gasteiger partial charge in [-0.25, -0.2) is 0 Å². The van der Waals surface area contributed by atoms with Crippen LogP contribution in [0.3, 0.4) is 0 Å². The number of carbonyl (C=O) groups is 2. The highest BCUT2D eigenvalue weighted by atomic mass is 16.5. The molecule has 2 aliphatic rings. The van der Waals surface area contributed by atoms with E-state index in [4.69, 9.17) is 9.84 Å². The largest absolute Gasteiger partial charge is 0.481 e. The van der Waals surface area contributed by atoms with Crippen LogP contribution < -0.4 is 0 Å². The number of hydrogen-bond acceptors (Lipinski definition) is 3. The molecular weight excluding hydrogens is 282 g/mol. The number of fused-ring (bicyclic) bond motifs is 1. The minimum Gasteiger partial charge on any atom is -0.481 e. The average Bonchev–Trinajstić information content (AvgIpc) is 3.10. The van der Waals surface area contributed by atoms with Crippen molar-refractivity contribution < 1.29 is 19.4 Å². The molecule has 5 heteroatoms. The van der Waals surface area contributed by atoms with E-state index in [2.05, 4.69) is 6.07 Å². The minimum atomic E-state index is -0.869. The summed E-state index contributed by atoms with van der Waals surface area (Å²) in [5.41, 5.74) is 2.33. The Hall–Kier alpha value is -1.88. The van der Waals surface area contributed by atoms with Gasteiger partial charge in [0.25, 0.3) is 0 Å². The highest BCUT2D eigenvalue weighted by Gasteiger charge is 2.40. The molecule has 1 N–H and O–H groups in total. The fraction of sp³-hybridized carbons (Fsp3) is 0.529. The zero-order valence-corrected chi connectivity index (χ0v) is 12.7. The van der Waals surface area contributed by atoms with Crippen LogP contribution in [0.4, 0.5) is 0 Å². The molecule has 0 bridgehead atoms. The normalized spacial score (nSPS) is 27.0. The zero-order valence-electron chi connectivity index (χ0n) is 12.7. The predicted octanol–water partition coefficient (Wildman–Crippen LogP) is 1.81. The van der Waals surface area contributed by atoms with Gasteiger partial charge < -0.3 is 14.7 Å². The summed E-state index contributed by atoms with van der Waals surface area (Å²) >= 11 is 0. The van der Waals surface area contributed by atoms with Gasteiger partial charge in [0.05, 0.1) is 18.4 Å². The molecule has 1 aromatic rings. The fourth-order valence-corrected chi connectivity index (χ4v) is 3.72. The first-order valence-electron chi connectivity index (χ1n) is 7.73. The summed E-state index contributed by atoms with van der Waals surface area (Å²) < 4.78 is 5.35. The SMILES string of the molecule is COC1CC(CC(=O)O)N(C(=O)C2CCc3ccccc32)C1. The van der Waals surface area contributed by atoms with E-state index in [1.165, 1.54) is 5.56 Å². The number of hydrogen-bond donors (Lipinski definition) is 1. The molecule has 1 aliphatic heterocycles. The van der Waals surface area contributed by atoms with Crippen molar-refractivity contribution in [1.82, 2.24) is 4.90 Å². The van der Waals surface area contributed by atoms with Crippen molar-refractivity contribution >= 4 is 11.9 Å². The summed E-state index contributed by atoms with van der Waals surface area (Å²) in [4.78, 5) is 25.7. The molecule has 5 nitrogen and oxygen atoms in total. The van der Waals surface area contributed by atoms with Gasteiger partial charge in [-0.2, -0.15) is 0 Å². The third-order valence-corrected chi connectivity index (χ3v) is 4.83. The van der Waals surface area contributed by atoms with E-state index < -0.39 is 5.97 Å². The van der Waals surface area contributed by atoms with Crippen LogP contribution in [-0.2, 0) is 20.7 Å². The van der Waals surface area contributed by atoms with Crippen LogP contribution in [-0.4, -0.2) is 47.7 Å². The lowest BCUT2D eigenvalue weighted by Gasteiger charge is -2.26. The Bertz CT molecular complexity index is 586. The Labute approximate surface area is 129 Å². The summed E-state index contributed by atoms with van der Waals surface area (Å²) in [7, 11) is 1.61. The van der Waals surface area contributed by atoms with Gasteiger partial charge in [0.15, 0.2) is 0 Å². The molecule has 1 aliphatic carbocycles. The number of carbonyl (C=O) groups excluding carboxylic acids is 1. The summed E-state index contributed by atoms with van der Waals surface area (Å²) in [5.74, 6) is -0.953. The Morgan fingerprint density at radius 2 is 2.14 bits per heavy atom. The van der Waals surface area contributed by atoms with Crippen molar-refractivity contribution in [2.75, 3.05) is 13.7 Å². The van der Waals surface area contributed by atoms with Crippen LogP contribution in [0.25, 0.3) is 0 Å². The van der Waals surface area contributed by atoms with E-state index in [1.54, 1.807) is 12.0 Å². The second-order valence-corrected chi connectivity index (χ2v) is 6.13. The molecule has 0 aromatic heterocycles. The number of aliphatic carboxylic acids is 1. The molecule has 1 amide bonds. The maximum atomic E-state index is 12.9. The van der Waals surface area contributed by atoms with Crippen LogP contribution in [0.5, 0.6) is 0 Å². The first-order valence-corrected chi connectivity index (χ1v) is 7.73. The van der Waals surface area contributed by atoms with Crippen molar-refractivity contribution in [2.45, 2.75) is 43.7 Å². The third-order valence-electron chi connectivity index (χ3n) is 4.83. The maximum absolute atomic E-state index is 12.9. The van der Waals surface area contributed by atoms with Gasteiger partial charge in [0.1, 0.15) is 0 Å². The zero-order chi connectivity index (χ0) is 15.7. The van der Waals surface area contributed by atoms with Gasteiger partial charge in [-0.1, -0.05) is 24.3 Å². The van der Waals surface area contributed by atoms with E-state index in [0.29, 0.717) is 13.0 Å². The summed E-state index contributed by atoms with van der Waals surface area (Å²) in [6.45, 7) is 0.492. The molecule has 0 radical (unpaired) electrons. The number of methoxy groups -OCH3 is 1. The lowest BCUT2D eigenvalue weighted by molar-refractivity contribution is -0.140. The van der Waals surface area contributed by atoms with Crippen LogP contribution >= 0.6 is 0 Å². The molecule has 118 valence electrons. The number of rotatable bonds is 4. The molecule has 1 heterocycles. The van der Waals surface area contributed by atoms with Crippen molar-refractivity contribution in [2.24, 2.45) is 0 Å². The van der Waals surface area contributed by atoms with Gasteiger partial charge >= 0.3 is 5.97 Å². The minimum absolute atomic E-state index is 0.0139. The van der Waals surface area contributed by atoms with Gasteiger partial charge in [-0.3, -0.25) is 9.59 Å². The first-order chi connectivity index (χ1) is 10.6.